The average Bonchev–Trinajstić information content (AvgIpc) is 2.77. The van der Waals surface area contributed by atoms with Gasteiger partial charge in [-0.25, -0.2) is 9.97 Å². The van der Waals surface area contributed by atoms with E-state index in [0.29, 0.717) is 25.3 Å². The largest absolute Gasteiger partial charge is 0.481 e. The van der Waals surface area contributed by atoms with Crippen molar-refractivity contribution in [3.05, 3.63) is 29.3 Å². The van der Waals surface area contributed by atoms with Gasteiger partial charge in [0.2, 0.25) is 5.78 Å². The predicted octanol–water partition coefficient (Wildman–Crippen LogP) is 1.94. The van der Waals surface area contributed by atoms with Crippen LogP contribution >= 0.6 is 0 Å². The molecule has 114 valence electrons. The first-order chi connectivity index (χ1) is 9.81. The maximum atomic E-state index is 11.0. The van der Waals surface area contributed by atoms with Crippen molar-refractivity contribution < 1.29 is 9.90 Å². The van der Waals surface area contributed by atoms with Crippen molar-refractivity contribution in [2.24, 2.45) is 5.41 Å². The number of rotatable bonds is 6. The Kier molecular flexibility index (Phi) is 4.27. The first-order valence-corrected chi connectivity index (χ1v) is 7.06. The zero-order chi connectivity index (χ0) is 15.6. The maximum absolute atomic E-state index is 11.0. The topological polar surface area (TPSA) is 79.5 Å². The molecule has 0 bridgehead atoms. The smallest absolute Gasteiger partial charge is 0.309 e. The molecular weight excluding hydrogens is 268 g/mol. The van der Waals surface area contributed by atoms with Gasteiger partial charge in [-0.15, -0.1) is 0 Å². The van der Waals surface area contributed by atoms with Crippen molar-refractivity contribution in [2.75, 3.05) is 6.54 Å². The first kappa shape index (κ1) is 15.4. The van der Waals surface area contributed by atoms with Crippen molar-refractivity contribution >= 4 is 11.7 Å². The maximum Gasteiger partial charge on any atom is 0.309 e. The van der Waals surface area contributed by atoms with Gasteiger partial charge < -0.3 is 10.4 Å². The number of carbonyl (C=O) groups is 1. The molecule has 0 aliphatic heterocycles. The van der Waals surface area contributed by atoms with Gasteiger partial charge in [0.1, 0.15) is 0 Å². The van der Waals surface area contributed by atoms with Gasteiger partial charge in [-0.1, -0.05) is 0 Å². The lowest BCUT2D eigenvalue weighted by Crippen LogP contribution is -2.29. The van der Waals surface area contributed by atoms with Crippen molar-refractivity contribution in [1.82, 2.24) is 19.7 Å². The summed E-state index contributed by atoms with van der Waals surface area (Å²) in [5.41, 5.74) is 2.37. The minimum Gasteiger partial charge on any atom is -0.481 e. The molecule has 0 radical (unpaired) electrons. The lowest BCUT2D eigenvalue weighted by Gasteiger charge is -2.18. The number of aliphatic carboxylic acids is 1. The van der Waals surface area contributed by atoms with E-state index in [9.17, 15) is 4.79 Å². The predicted molar refractivity (Wildman–Crippen MR) is 80.2 cm³/mol. The van der Waals surface area contributed by atoms with Gasteiger partial charge in [0.15, 0.2) is 0 Å². The fourth-order valence-corrected chi connectivity index (χ4v) is 2.25. The van der Waals surface area contributed by atoms with E-state index in [1.165, 1.54) is 0 Å². The van der Waals surface area contributed by atoms with Gasteiger partial charge in [0.05, 0.1) is 17.3 Å². The fourth-order valence-electron chi connectivity index (χ4n) is 2.25. The number of aromatic nitrogens is 3. The van der Waals surface area contributed by atoms with Crippen LogP contribution in [0.3, 0.4) is 0 Å². The molecule has 0 atom stereocenters. The molecule has 0 aliphatic carbocycles. The number of carboxylic acid groups (broad SMARTS) is 1. The van der Waals surface area contributed by atoms with Crippen molar-refractivity contribution in [3.63, 3.8) is 0 Å². The van der Waals surface area contributed by atoms with E-state index >= 15 is 0 Å². The van der Waals surface area contributed by atoms with Crippen LogP contribution in [0.15, 0.2) is 12.3 Å². The number of carboxylic acids is 1. The van der Waals surface area contributed by atoms with Crippen LogP contribution in [-0.2, 0) is 11.3 Å². The molecule has 0 saturated carbocycles. The summed E-state index contributed by atoms with van der Waals surface area (Å²) in [6.07, 6.45) is 2.39. The van der Waals surface area contributed by atoms with E-state index in [4.69, 9.17) is 5.11 Å². The van der Waals surface area contributed by atoms with Gasteiger partial charge in [0, 0.05) is 17.9 Å². The SMILES string of the molecule is Cc1cc(C)n2c(CNCCC(C)(C)C(=O)O)cnc2n1. The highest BCUT2D eigenvalue weighted by molar-refractivity contribution is 5.73. The van der Waals surface area contributed by atoms with E-state index in [1.807, 2.05) is 30.5 Å². The molecule has 2 rings (SSSR count). The summed E-state index contributed by atoms with van der Waals surface area (Å²) < 4.78 is 2.02. The third kappa shape index (κ3) is 3.39. The minimum absolute atomic E-state index is 0.579. The number of nitrogens with zero attached hydrogens (tertiary/aromatic N) is 3. The standard InChI is InChI=1S/C15H22N4O2/c1-10-7-11(2)19-12(9-17-14(19)18-10)8-16-6-5-15(3,4)13(20)21/h7,9,16H,5-6,8H2,1-4H3,(H,20,21). The molecule has 2 aromatic rings. The molecule has 6 heteroatoms. The minimum atomic E-state index is -0.769. The summed E-state index contributed by atoms with van der Waals surface area (Å²) in [6, 6.07) is 2.02. The molecular formula is C15H22N4O2. The fraction of sp³-hybridized carbons (Fsp3) is 0.533. The Labute approximate surface area is 124 Å². The number of hydrogen-bond acceptors (Lipinski definition) is 4. The summed E-state index contributed by atoms with van der Waals surface area (Å²) in [6.45, 7) is 8.74. The third-order valence-electron chi connectivity index (χ3n) is 3.67. The van der Waals surface area contributed by atoms with Gasteiger partial charge >= 0.3 is 5.97 Å². The molecule has 6 nitrogen and oxygen atoms in total. The molecule has 2 heterocycles. The highest BCUT2D eigenvalue weighted by Crippen LogP contribution is 2.19. The van der Waals surface area contributed by atoms with E-state index in [2.05, 4.69) is 15.3 Å². The number of hydrogen-bond donors (Lipinski definition) is 2. The zero-order valence-electron chi connectivity index (χ0n) is 13.0. The summed E-state index contributed by atoms with van der Waals surface area (Å²) >= 11 is 0. The van der Waals surface area contributed by atoms with Gasteiger partial charge in [-0.05, 0) is 46.7 Å². The summed E-state index contributed by atoms with van der Waals surface area (Å²) in [7, 11) is 0. The lowest BCUT2D eigenvalue weighted by molar-refractivity contribution is -0.147. The van der Waals surface area contributed by atoms with Crippen molar-refractivity contribution in [1.29, 1.82) is 0 Å². The average molecular weight is 290 g/mol. The van der Waals surface area contributed by atoms with Gasteiger partial charge in [-0.3, -0.25) is 9.20 Å². The highest BCUT2D eigenvalue weighted by Gasteiger charge is 2.26. The number of nitrogens with one attached hydrogen (secondary N) is 1. The molecule has 0 amide bonds. The third-order valence-corrected chi connectivity index (χ3v) is 3.67. The van der Waals surface area contributed by atoms with Gasteiger partial charge in [0.25, 0.3) is 0 Å². The Hall–Kier alpha value is -1.95. The first-order valence-electron chi connectivity index (χ1n) is 7.06. The molecule has 0 aliphatic rings. The summed E-state index contributed by atoms with van der Waals surface area (Å²) in [4.78, 5) is 19.8. The second-order valence-electron chi connectivity index (χ2n) is 6.04. The second kappa shape index (κ2) is 5.81. The Morgan fingerprint density at radius 3 is 2.81 bits per heavy atom. The van der Waals surface area contributed by atoms with Crippen LogP contribution in [0.4, 0.5) is 0 Å². The molecule has 0 unspecified atom stereocenters. The quantitative estimate of drug-likeness (QED) is 0.795. The Morgan fingerprint density at radius 1 is 1.43 bits per heavy atom. The van der Waals surface area contributed by atoms with Crippen LogP contribution < -0.4 is 5.32 Å². The van der Waals surface area contributed by atoms with Crippen LogP contribution in [0.5, 0.6) is 0 Å². The number of fused-ring (bicyclic) bond motifs is 1. The van der Waals surface area contributed by atoms with E-state index in [-0.39, 0.29) is 0 Å². The monoisotopic (exact) mass is 290 g/mol. The zero-order valence-corrected chi connectivity index (χ0v) is 13.0. The molecule has 2 N–H and O–H groups in total. The number of imidazole rings is 1. The molecule has 0 spiro atoms. The Balaban J connectivity index is 2.00. The highest BCUT2D eigenvalue weighted by atomic mass is 16.4. The number of aryl methyl sites for hydroxylation is 2. The van der Waals surface area contributed by atoms with Crippen LogP contribution in [0.1, 0.15) is 37.4 Å². The molecule has 0 fully saturated rings. The lowest BCUT2D eigenvalue weighted by atomic mass is 9.90. The molecule has 21 heavy (non-hydrogen) atoms. The molecule has 0 saturated heterocycles. The normalized spacial score (nSPS) is 12.0. The van der Waals surface area contributed by atoms with Crippen LogP contribution in [0.2, 0.25) is 0 Å². The second-order valence-corrected chi connectivity index (χ2v) is 6.04. The van der Waals surface area contributed by atoms with Crippen molar-refractivity contribution in [2.45, 2.75) is 40.7 Å². The van der Waals surface area contributed by atoms with E-state index < -0.39 is 11.4 Å². The van der Waals surface area contributed by atoms with Crippen LogP contribution in [-0.4, -0.2) is 32.0 Å². The Morgan fingerprint density at radius 2 is 2.14 bits per heavy atom. The van der Waals surface area contributed by atoms with E-state index in [0.717, 1.165) is 17.1 Å². The summed E-state index contributed by atoms with van der Waals surface area (Å²) in [5, 5.41) is 12.4. The van der Waals surface area contributed by atoms with Crippen LogP contribution in [0.25, 0.3) is 5.78 Å². The van der Waals surface area contributed by atoms with Gasteiger partial charge in [-0.2, -0.15) is 0 Å². The molecule has 0 aromatic carbocycles. The van der Waals surface area contributed by atoms with E-state index in [1.54, 1.807) is 13.8 Å². The van der Waals surface area contributed by atoms with Crippen LogP contribution in [0, 0.1) is 19.3 Å². The summed E-state index contributed by atoms with van der Waals surface area (Å²) in [5.74, 6) is -0.0650. The van der Waals surface area contributed by atoms with Crippen molar-refractivity contribution in [3.8, 4) is 0 Å². The Bertz CT molecular complexity index is 661. The molecule has 2 aromatic heterocycles.